The van der Waals surface area contributed by atoms with Gasteiger partial charge in [0.05, 0.1) is 0 Å². The number of nitrogens with zero attached hydrogens (tertiary/aromatic N) is 1. The lowest BCUT2D eigenvalue weighted by molar-refractivity contribution is 0.207. The normalized spacial score (nSPS) is 28.3. The third kappa shape index (κ3) is 4.42. The number of rotatable bonds is 3. The molecule has 0 N–H and O–H groups in total. The van der Waals surface area contributed by atoms with Crippen LogP contribution in [0, 0.1) is 11.3 Å². The molecule has 1 aliphatic heterocycles. The molecule has 0 aromatic carbocycles. The highest BCUT2D eigenvalue weighted by atomic mass is 15.2. The highest BCUT2D eigenvalue weighted by Crippen LogP contribution is 2.28. The second-order valence-electron chi connectivity index (χ2n) is 7.43. The minimum atomic E-state index is 0.332. The first-order chi connectivity index (χ1) is 8.54. The Morgan fingerprint density at radius 1 is 1.00 bits per heavy atom. The molecule has 1 atom stereocenters. The van der Waals surface area contributed by atoms with Gasteiger partial charge in [0.15, 0.2) is 0 Å². The Kier molecular flexibility index (Phi) is 4.89. The topological polar surface area (TPSA) is 3.24 Å². The smallest absolute Gasteiger partial charge is 0.0278 e. The Labute approximate surface area is 114 Å². The first-order valence-electron chi connectivity index (χ1n) is 7.98. The van der Waals surface area contributed by atoms with Crippen molar-refractivity contribution < 1.29 is 0 Å². The molecular weight excluding hydrogens is 218 g/mol. The zero-order chi connectivity index (χ0) is 13.0. The van der Waals surface area contributed by atoms with Gasteiger partial charge < -0.3 is 0 Å². The van der Waals surface area contributed by atoms with E-state index in [1.165, 1.54) is 58.0 Å². The standard InChI is InChI=1S/C17H31N/c1-17(2,3)12-11-16-10-7-13-18(16)14-15-8-5-4-6-9-15/h11-12,15-16H,4-10,13-14H2,1-3H3/b12-11+. The van der Waals surface area contributed by atoms with Gasteiger partial charge in [0.25, 0.3) is 0 Å². The molecule has 18 heavy (non-hydrogen) atoms. The molecule has 0 aromatic heterocycles. The van der Waals surface area contributed by atoms with Crippen molar-refractivity contribution in [1.82, 2.24) is 4.90 Å². The van der Waals surface area contributed by atoms with Crippen molar-refractivity contribution in [3.8, 4) is 0 Å². The summed E-state index contributed by atoms with van der Waals surface area (Å²) < 4.78 is 0. The summed E-state index contributed by atoms with van der Waals surface area (Å²) in [5.74, 6) is 0.988. The van der Waals surface area contributed by atoms with E-state index in [2.05, 4.69) is 37.8 Å². The number of allylic oxidation sites excluding steroid dienone is 1. The van der Waals surface area contributed by atoms with E-state index in [1.54, 1.807) is 0 Å². The van der Waals surface area contributed by atoms with E-state index >= 15 is 0 Å². The first kappa shape index (κ1) is 14.1. The Hall–Kier alpha value is -0.300. The zero-order valence-electron chi connectivity index (χ0n) is 12.6. The van der Waals surface area contributed by atoms with Crippen molar-refractivity contribution in [1.29, 1.82) is 0 Å². The second-order valence-corrected chi connectivity index (χ2v) is 7.43. The average Bonchev–Trinajstić information content (AvgIpc) is 2.74. The van der Waals surface area contributed by atoms with Gasteiger partial charge in [0.1, 0.15) is 0 Å². The zero-order valence-corrected chi connectivity index (χ0v) is 12.6. The second kappa shape index (κ2) is 6.23. The van der Waals surface area contributed by atoms with Crippen molar-refractivity contribution in [3.63, 3.8) is 0 Å². The lowest BCUT2D eigenvalue weighted by atomic mass is 9.88. The van der Waals surface area contributed by atoms with Crippen LogP contribution in [0.3, 0.4) is 0 Å². The molecule has 0 radical (unpaired) electrons. The summed E-state index contributed by atoms with van der Waals surface area (Å²) in [7, 11) is 0. The van der Waals surface area contributed by atoms with Crippen LogP contribution in [0.4, 0.5) is 0 Å². The molecule has 0 spiro atoms. The van der Waals surface area contributed by atoms with Crippen LogP contribution in [0.15, 0.2) is 12.2 Å². The van der Waals surface area contributed by atoms with Gasteiger partial charge in [-0.15, -0.1) is 0 Å². The summed E-state index contributed by atoms with van der Waals surface area (Å²) in [5, 5.41) is 0. The SMILES string of the molecule is CC(C)(C)/C=C/C1CCCN1CC1CCCCC1. The molecule has 1 unspecified atom stereocenters. The van der Waals surface area contributed by atoms with Gasteiger partial charge in [0.2, 0.25) is 0 Å². The quantitative estimate of drug-likeness (QED) is 0.659. The van der Waals surface area contributed by atoms with Crippen LogP contribution in [0.2, 0.25) is 0 Å². The predicted molar refractivity (Wildman–Crippen MR) is 79.8 cm³/mol. The van der Waals surface area contributed by atoms with E-state index < -0.39 is 0 Å². The van der Waals surface area contributed by atoms with Crippen molar-refractivity contribution in [3.05, 3.63) is 12.2 Å². The first-order valence-corrected chi connectivity index (χ1v) is 7.98. The summed E-state index contributed by atoms with van der Waals surface area (Å²) in [6.45, 7) is 9.58. The molecule has 1 nitrogen and oxygen atoms in total. The van der Waals surface area contributed by atoms with E-state index in [0.717, 1.165) is 12.0 Å². The monoisotopic (exact) mass is 249 g/mol. The third-order valence-electron chi connectivity index (χ3n) is 4.45. The fourth-order valence-electron chi connectivity index (χ4n) is 3.40. The summed E-state index contributed by atoms with van der Waals surface area (Å²) >= 11 is 0. The predicted octanol–water partition coefficient (Wildman–Crippen LogP) is 4.63. The molecule has 2 fully saturated rings. The fourth-order valence-corrected chi connectivity index (χ4v) is 3.40. The number of hydrogen-bond donors (Lipinski definition) is 0. The molecule has 104 valence electrons. The molecule has 2 rings (SSSR count). The van der Waals surface area contributed by atoms with Gasteiger partial charge in [-0.2, -0.15) is 0 Å². The highest BCUT2D eigenvalue weighted by molar-refractivity contribution is 5.02. The molecule has 2 aliphatic rings. The Morgan fingerprint density at radius 3 is 2.39 bits per heavy atom. The van der Waals surface area contributed by atoms with Gasteiger partial charge in [0, 0.05) is 12.6 Å². The Bertz CT molecular complexity index is 268. The van der Waals surface area contributed by atoms with E-state index in [0.29, 0.717) is 5.41 Å². The largest absolute Gasteiger partial charge is 0.297 e. The minimum absolute atomic E-state index is 0.332. The van der Waals surface area contributed by atoms with Crippen molar-refractivity contribution in [2.24, 2.45) is 11.3 Å². The van der Waals surface area contributed by atoms with Crippen LogP contribution in [0.5, 0.6) is 0 Å². The summed E-state index contributed by atoms with van der Waals surface area (Å²) in [6, 6.07) is 0.728. The van der Waals surface area contributed by atoms with Crippen LogP contribution in [0.25, 0.3) is 0 Å². The van der Waals surface area contributed by atoms with Gasteiger partial charge in [-0.25, -0.2) is 0 Å². The molecule has 0 bridgehead atoms. The molecule has 1 heteroatoms. The average molecular weight is 249 g/mol. The van der Waals surface area contributed by atoms with Crippen LogP contribution in [-0.4, -0.2) is 24.0 Å². The molecule has 0 amide bonds. The number of hydrogen-bond acceptors (Lipinski definition) is 1. The van der Waals surface area contributed by atoms with Gasteiger partial charge in [-0.3, -0.25) is 4.90 Å². The van der Waals surface area contributed by atoms with Crippen LogP contribution >= 0.6 is 0 Å². The van der Waals surface area contributed by atoms with Crippen LogP contribution in [0.1, 0.15) is 65.7 Å². The molecule has 1 aliphatic carbocycles. The lowest BCUT2D eigenvalue weighted by Gasteiger charge is -2.30. The fraction of sp³-hybridized carbons (Fsp3) is 0.882. The maximum Gasteiger partial charge on any atom is 0.0278 e. The van der Waals surface area contributed by atoms with Gasteiger partial charge >= 0.3 is 0 Å². The van der Waals surface area contributed by atoms with Gasteiger partial charge in [-0.05, 0) is 43.6 Å². The highest BCUT2D eigenvalue weighted by Gasteiger charge is 2.26. The van der Waals surface area contributed by atoms with E-state index in [1.807, 2.05) is 0 Å². The van der Waals surface area contributed by atoms with E-state index in [4.69, 9.17) is 0 Å². The van der Waals surface area contributed by atoms with Crippen LogP contribution < -0.4 is 0 Å². The molecule has 1 saturated carbocycles. The third-order valence-corrected chi connectivity index (χ3v) is 4.45. The van der Waals surface area contributed by atoms with Gasteiger partial charge in [-0.1, -0.05) is 52.2 Å². The molecule has 1 heterocycles. The molecular formula is C17H31N. The Morgan fingerprint density at radius 2 is 1.72 bits per heavy atom. The molecule has 0 aromatic rings. The Balaban J connectivity index is 1.85. The lowest BCUT2D eigenvalue weighted by Crippen LogP contribution is -2.33. The van der Waals surface area contributed by atoms with E-state index in [-0.39, 0.29) is 0 Å². The maximum absolute atomic E-state index is 2.75. The summed E-state index contributed by atoms with van der Waals surface area (Å²) in [6.07, 6.45) is 15.0. The van der Waals surface area contributed by atoms with Crippen LogP contribution in [-0.2, 0) is 0 Å². The summed E-state index contributed by atoms with van der Waals surface area (Å²) in [4.78, 5) is 2.75. The molecule has 1 saturated heterocycles. The number of likely N-dealkylation sites (tertiary alicyclic amines) is 1. The van der Waals surface area contributed by atoms with E-state index in [9.17, 15) is 0 Å². The van der Waals surface area contributed by atoms with Crippen molar-refractivity contribution in [2.75, 3.05) is 13.1 Å². The maximum atomic E-state index is 2.75. The van der Waals surface area contributed by atoms with Crippen molar-refractivity contribution in [2.45, 2.75) is 71.8 Å². The van der Waals surface area contributed by atoms with Crippen molar-refractivity contribution >= 4 is 0 Å². The summed E-state index contributed by atoms with van der Waals surface area (Å²) in [5.41, 5.74) is 0.332. The minimum Gasteiger partial charge on any atom is -0.297 e.